The highest BCUT2D eigenvalue weighted by Crippen LogP contribution is 2.37. The summed E-state index contributed by atoms with van der Waals surface area (Å²) in [4.78, 5) is 1.39. The molecule has 1 aromatic carbocycles. The Bertz CT molecular complexity index is 485. The molecular formula is C12H11NS. The summed E-state index contributed by atoms with van der Waals surface area (Å²) in [7, 11) is 0. The van der Waals surface area contributed by atoms with Gasteiger partial charge in [-0.25, -0.2) is 0 Å². The third-order valence-corrected chi connectivity index (χ3v) is 3.91. The Morgan fingerprint density at radius 3 is 3.00 bits per heavy atom. The molecule has 0 atom stereocenters. The number of nitrogens with zero attached hydrogens (tertiary/aromatic N) is 1. The van der Waals surface area contributed by atoms with E-state index in [1.165, 1.54) is 33.7 Å². The van der Waals surface area contributed by atoms with Crippen LogP contribution in [-0.4, -0.2) is 4.37 Å². The number of rotatable bonds is 0. The fourth-order valence-electron chi connectivity index (χ4n) is 2.11. The minimum atomic E-state index is 1.16. The lowest BCUT2D eigenvalue weighted by atomic mass is 9.91. The zero-order chi connectivity index (χ0) is 9.54. The first-order chi connectivity index (χ1) is 6.86. The van der Waals surface area contributed by atoms with Crippen LogP contribution in [0.1, 0.15) is 16.8 Å². The monoisotopic (exact) mass is 201 g/mol. The molecule has 1 aromatic heterocycles. The van der Waals surface area contributed by atoms with Crippen molar-refractivity contribution in [2.45, 2.75) is 19.8 Å². The Morgan fingerprint density at radius 2 is 2.07 bits per heavy atom. The molecule has 1 heterocycles. The fraction of sp³-hybridized carbons (Fsp3) is 0.250. The van der Waals surface area contributed by atoms with Gasteiger partial charge in [-0.05, 0) is 48.0 Å². The predicted octanol–water partition coefficient (Wildman–Crippen LogP) is 3.22. The lowest BCUT2D eigenvalue weighted by molar-refractivity contribution is 0.934. The minimum absolute atomic E-state index is 1.16. The molecule has 0 fully saturated rings. The molecule has 0 aliphatic heterocycles. The third-order valence-electron chi connectivity index (χ3n) is 2.89. The van der Waals surface area contributed by atoms with Crippen molar-refractivity contribution in [3.05, 3.63) is 41.1 Å². The van der Waals surface area contributed by atoms with Crippen molar-refractivity contribution in [3.8, 4) is 10.4 Å². The van der Waals surface area contributed by atoms with Gasteiger partial charge in [-0.1, -0.05) is 24.3 Å². The van der Waals surface area contributed by atoms with Crippen molar-refractivity contribution in [2.75, 3.05) is 0 Å². The second kappa shape index (κ2) is 2.92. The summed E-state index contributed by atoms with van der Waals surface area (Å²) in [6, 6.07) is 8.68. The molecule has 0 unspecified atom stereocenters. The summed E-state index contributed by atoms with van der Waals surface area (Å²) in [5.74, 6) is 0. The highest BCUT2D eigenvalue weighted by molar-refractivity contribution is 7.09. The number of hydrogen-bond acceptors (Lipinski definition) is 2. The molecule has 2 heteroatoms. The van der Waals surface area contributed by atoms with Gasteiger partial charge in [0.25, 0.3) is 0 Å². The van der Waals surface area contributed by atoms with Crippen molar-refractivity contribution in [1.82, 2.24) is 4.37 Å². The molecular weight excluding hydrogens is 190 g/mol. The van der Waals surface area contributed by atoms with Gasteiger partial charge in [-0.2, -0.15) is 4.37 Å². The van der Waals surface area contributed by atoms with E-state index in [-0.39, 0.29) is 0 Å². The predicted molar refractivity (Wildman–Crippen MR) is 59.7 cm³/mol. The van der Waals surface area contributed by atoms with Crippen molar-refractivity contribution < 1.29 is 0 Å². The topological polar surface area (TPSA) is 12.9 Å². The summed E-state index contributed by atoms with van der Waals surface area (Å²) in [6.07, 6.45) is 2.33. The summed E-state index contributed by atoms with van der Waals surface area (Å²) in [6.45, 7) is 2.11. The maximum Gasteiger partial charge on any atom is 0.0587 e. The Morgan fingerprint density at radius 1 is 1.21 bits per heavy atom. The second-order valence-electron chi connectivity index (χ2n) is 3.73. The molecule has 1 nitrogen and oxygen atoms in total. The number of benzene rings is 1. The Kier molecular flexibility index (Phi) is 1.71. The molecule has 0 radical (unpaired) electrons. The molecule has 1 aliphatic carbocycles. The van der Waals surface area contributed by atoms with Gasteiger partial charge in [0.05, 0.1) is 10.6 Å². The molecule has 14 heavy (non-hydrogen) atoms. The van der Waals surface area contributed by atoms with Gasteiger partial charge >= 0.3 is 0 Å². The van der Waals surface area contributed by atoms with Gasteiger partial charge in [-0.15, -0.1) is 0 Å². The van der Waals surface area contributed by atoms with E-state index in [2.05, 4.69) is 35.6 Å². The average Bonchev–Trinajstić information content (AvgIpc) is 2.61. The maximum atomic E-state index is 4.44. The molecule has 2 aromatic rings. The normalized spacial score (nSPS) is 13.5. The van der Waals surface area contributed by atoms with E-state index in [1.807, 2.05) is 0 Å². The van der Waals surface area contributed by atoms with Crippen LogP contribution < -0.4 is 0 Å². The number of fused-ring (bicyclic) bond motifs is 3. The Hall–Kier alpha value is -1.15. The Balaban J connectivity index is 2.29. The van der Waals surface area contributed by atoms with E-state index in [0.29, 0.717) is 0 Å². The molecule has 70 valence electrons. The van der Waals surface area contributed by atoms with E-state index in [0.717, 1.165) is 6.42 Å². The van der Waals surface area contributed by atoms with Crippen LogP contribution in [0.3, 0.4) is 0 Å². The van der Waals surface area contributed by atoms with E-state index < -0.39 is 0 Å². The quantitative estimate of drug-likeness (QED) is 0.637. The molecule has 1 aliphatic rings. The second-order valence-corrected chi connectivity index (χ2v) is 4.51. The largest absolute Gasteiger partial charge is 0.197 e. The van der Waals surface area contributed by atoms with Crippen LogP contribution in [0.5, 0.6) is 0 Å². The first-order valence-corrected chi connectivity index (χ1v) is 5.67. The van der Waals surface area contributed by atoms with Crippen LogP contribution >= 0.6 is 11.5 Å². The number of aryl methyl sites for hydroxylation is 2. The summed E-state index contributed by atoms with van der Waals surface area (Å²) in [5, 5.41) is 0. The van der Waals surface area contributed by atoms with Crippen molar-refractivity contribution in [1.29, 1.82) is 0 Å². The van der Waals surface area contributed by atoms with E-state index in [4.69, 9.17) is 0 Å². The van der Waals surface area contributed by atoms with Gasteiger partial charge in [0, 0.05) is 0 Å². The van der Waals surface area contributed by atoms with Crippen molar-refractivity contribution in [3.63, 3.8) is 0 Å². The van der Waals surface area contributed by atoms with Gasteiger partial charge < -0.3 is 0 Å². The van der Waals surface area contributed by atoms with Crippen LogP contribution in [0.2, 0.25) is 0 Å². The smallest absolute Gasteiger partial charge is 0.0587 e. The standard InChI is InChI=1S/C12H11NS/c1-8-10-7-6-9-4-2-3-5-11(9)12(10)14-13-8/h2-5H,6-7H2,1H3. The molecule has 0 saturated heterocycles. The summed E-state index contributed by atoms with van der Waals surface area (Å²) < 4.78 is 4.44. The van der Waals surface area contributed by atoms with Crippen LogP contribution in [0.15, 0.2) is 24.3 Å². The first kappa shape index (κ1) is 8.18. The Labute approximate surface area is 87.6 Å². The van der Waals surface area contributed by atoms with Gasteiger partial charge in [-0.3, -0.25) is 0 Å². The molecule has 0 spiro atoms. The van der Waals surface area contributed by atoms with Gasteiger partial charge in [0.2, 0.25) is 0 Å². The molecule has 3 rings (SSSR count). The van der Waals surface area contributed by atoms with E-state index >= 15 is 0 Å². The van der Waals surface area contributed by atoms with Crippen LogP contribution in [0.4, 0.5) is 0 Å². The van der Waals surface area contributed by atoms with Crippen LogP contribution in [0.25, 0.3) is 10.4 Å². The van der Waals surface area contributed by atoms with Crippen LogP contribution in [-0.2, 0) is 12.8 Å². The van der Waals surface area contributed by atoms with Crippen molar-refractivity contribution >= 4 is 11.5 Å². The highest BCUT2D eigenvalue weighted by atomic mass is 32.1. The SMILES string of the molecule is Cc1nsc2c1CCc1ccccc1-2. The lowest BCUT2D eigenvalue weighted by Gasteiger charge is -2.15. The molecule has 0 amide bonds. The molecule has 0 N–H and O–H groups in total. The average molecular weight is 201 g/mol. The van der Waals surface area contributed by atoms with E-state index in [9.17, 15) is 0 Å². The maximum absolute atomic E-state index is 4.44. The molecule has 0 saturated carbocycles. The minimum Gasteiger partial charge on any atom is -0.197 e. The first-order valence-electron chi connectivity index (χ1n) is 4.89. The fourth-order valence-corrected chi connectivity index (χ4v) is 3.11. The molecule has 0 bridgehead atoms. The third kappa shape index (κ3) is 1.04. The van der Waals surface area contributed by atoms with E-state index in [1.54, 1.807) is 11.5 Å². The zero-order valence-corrected chi connectivity index (χ0v) is 8.90. The highest BCUT2D eigenvalue weighted by Gasteiger charge is 2.19. The lowest BCUT2D eigenvalue weighted by Crippen LogP contribution is -2.01. The zero-order valence-electron chi connectivity index (χ0n) is 8.08. The summed E-state index contributed by atoms with van der Waals surface area (Å²) >= 11 is 1.64. The summed E-state index contributed by atoms with van der Waals surface area (Å²) in [5.41, 5.74) is 5.57. The van der Waals surface area contributed by atoms with Crippen molar-refractivity contribution in [2.24, 2.45) is 0 Å². The number of aromatic nitrogens is 1. The van der Waals surface area contributed by atoms with Crippen LogP contribution in [0, 0.1) is 6.92 Å². The van der Waals surface area contributed by atoms with Gasteiger partial charge in [0.1, 0.15) is 0 Å². The number of hydrogen-bond donors (Lipinski definition) is 0. The van der Waals surface area contributed by atoms with Gasteiger partial charge in [0.15, 0.2) is 0 Å².